The average Bonchev–Trinajstić information content (AvgIpc) is 3.41. The Morgan fingerprint density at radius 3 is 2.82 bits per heavy atom. The van der Waals surface area contributed by atoms with Crippen LogP contribution in [0.2, 0.25) is 0 Å². The lowest BCUT2D eigenvalue weighted by Crippen LogP contribution is -2.47. The van der Waals surface area contributed by atoms with E-state index >= 15 is 0 Å². The van der Waals surface area contributed by atoms with Gasteiger partial charge in [-0.15, -0.1) is 11.3 Å². The van der Waals surface area contributed by atoms with E-state index in [0.717, 1.165) is 84.8 Å². The molecule has 0 radical (unpaired) electrons. The average molecular weight is 465 g/mol. The number of para-hydroxylation sites is 1. The molecule has 2 aliphatic heterocycles. The second-order valence-corrected chi connectivity index (χ2v) is 10.3. The number of rotatable bonds is 4. The van der Waals surface area contributed by atoms with Crippen LogP contribution in [0.1, 0.15) is 16.0 Å². The third-order valence-corrected chi connectivity index (χ3v) is 8.15. The summed E-state index contributed by atoms with van der Waals surface area (Å²) in [6.07, 6.45) is 2.67. The highest BCUT2D eigenvalue weighted by Crippen LogP contribution is 2.32. The Kier molecular flexibility index (Phi) is 5.20. The molecule has 5 heterocycles. The number of benzene rings is 1. The van der Waals surface area contributed by atoms with Gasteiger partial charge in [-0.05, 0) is 37.6 Å². The number of hydrogen-bond acceptors (Lipinski definition) is 8. The minimum Gasteiger partial charge on any atom is -0.354 e. The molecule has 172 valence electrons. The number of nitrogens with zero attached hydrogens (tertiary/aromatic N) is 6. The third-order valence-electron chi connectivity index (χ3n) is 7.02. The predicted molar refractivity (Wildman–Crippen MR) is 131 cm³/mol. The van der Waals surface area contributed by atoms with Crippen LogP contribution in [0.3, 0.4) is 0 Å². The molecule has 0 aliphatic carbocycles. The normalized spacial score (nSPS) is 17.8. The van der Waals surface area contributed by atoms with Gasteiger partial charge in [0.05, 0.1) is 17.1 Å². The first-order valence-electron chi connectivity index (χ1n) is 11.6. The second kappa shape index (κ2) is 8.23. The number of thiophene rings is 1. The van der Waals surface area contributed by atoms with Gasteiger partial charge in [-0.2, -0.15) is 0 Å². The van der Waals surface area contributed by atoms with Crippen LogP contribution in [0.25, 0.3) is 21.2 Å². The Morgan fingerprint density at radius 1 is 1.12 bits per heavy atom. The topological polar surface area (TPSA) is 70.6 Å². The molecule has 0 N–H and O–H groups in total. The summed E-state index contributed by atoms with van der Waals surface area (Å²) in [5.41, 5.74) is 3.33. The molecular weight excluding hydrogens is 436 g/mol. The van der Waals surface area contributed by atoms with Crippen molar-refractivity contribution < 1.29 is 4.52 Å². The first-order valence-corrected chi connectivity index (χ1v) is 12.4. The Morgan fingerprint density at radius 2 is 1.97 bits per heavy atom. The first-order chi connectivity index (χ1) is 16.1. The molecule has 1 fully saturated rings. The van der Waals surface area contributed by atoms with E-state index < -0.39 is 0 Å². The van der Waals surface area contributed by atoms with E-state index in [4.69, 9.17) is 4.52 Å². The van der Waals surface area contributed by atoms with Crippen molar-refractivity contribution >= 4 is 38.3 Å². The lowest BCUT2D eigenvalue weighted by atomic mass is 10.1. The number of fused-ring (bicyclic) bond motifs is 4. The van der Waals surface area contributed by atoms with Crippen molar-refractivity contribution in [2.75, 3.05) is 51.2 Å². The minimum absolute atomic E-state index is 0.116. The van der Waals surface area contributed by atoms with Crippen LogP contribution >= 0.6 is 11.3 Å². The zero-order valence-electron chi connectivity index (χ0n) is 19.1. The van der Waals surface area contributed by atoms with E-state index in [9.17, 15) is 4.79 Å². The molecule has 1 saturated heterocycles. The molecule has 4 aromatic rings. The number of aromatic nitrogens is 3. The van der Waals surface area contributed by atoms with Gasteiger partial charge in [-0.1, -0.05) is 17.3 Å². The summed E-state index contributed by atoms with van der Waals surface area (Å²) in [7, 11) is 2.13. The van der Waals surface area contributed by atoms with Gasteiger partial charge in [0.2, 0.25) is 0 Å². The molecule has 2 aliphatic rings. The highest BCUT2D eigenvalue weighted by molar-refractivity contribution is 7.18. The van der Waals surface area contributed by atoms with Gasteiger partial charge >= 0.3 is 0 Å². The molecule has 3 aromatic heterocycles. The summed E-state index contributed by atoms with van der Waals surface area (Å²) in [6.45, 7) is 9.13. The smallest absolute Gasteiger partial charge is 0.262 e. The van der Waals surface area contributed by atoms with Crippen molar-refractivity contribution in [3.63, 3.8) is 0 Å². The quantitative estimate of drug-likeness (QED) is 0.460. The van der Waals surface area contributed by atoms with Crippen LogP contribution in [0.5, 0.6) is 0 Å². The van der Waals surface area contributed by atoms with E-state index in [0.29, 0.717) is 6.54 Å². The molecule has 6 rings (SSSR count). The summed E-state index contributed by atoms with van der Waals surface area (Å²) in [4.78, 5) is 27.1. The van der Waals surface area contributed by atoms with Gasteiger partial charge in [0.15, 0.2) is 11.4 Å². The summed E-state index contributed by atoms with van der Waals surface area (Å²) in [5, 5.41) is 6.28. The van der Waals surface area contributed by atoms with Crippen molar-refractivity contribution in [2.24, 2.45) is 0 Å². The summed E-state index contributed by atoms with van der Waals surface area (Å²) in [6, 6.07) is 6.19. The van der Waals surface area contributed by atoms with Crippen LogP contribution in [0.15, 0.2) is 33.8 Å². The third kappa shape index (κ3) is 3.64. The zero-order valence-corrected chi connectivity index (χ0v) is 19.9. The number of likely N-dealkylation sites (N-methyl/N-ethyl adjacent to an activating group) is 1. The van der Waals surface area contributed by atoms with Crippen molar-refractivity contribution in [1.29, 1.82) is 0 Å². The van der Waals surface area contributed by atoms with Gasteiger partial charge in [-0.25, -0.2) is 4.98 Å². The van der Waals surface area contributed by atoms with Gasteiger partial charge in [0.1, 0.15) is 4.83 Å². The maximum atomic E-state index is 13.2. The fourth-order valence-corrected chi connectivity index (χ4v) is 6.31. The highest BCUT2D eigenvalue weighted by Gasteiger charge is 2.24. The number of aryl methyl sites for hydroxylation is 1. The largest absolute Gasteiger partial charge is 0.354 e. The predicted octanol–water partition coefficient (Wildman–Crippen LogP) is 2.72. The van der Waals surface area contributed by atoms with Crippen molar-refractivity contribution in [3.8, 4) is 0 Å². The Hall–Kier alpha value is -2.75. The maximum absolute atomic E-state index is 13.2. The second-order valence-electron chi connectivity index (χ2n) is 9.20. The van der Waals surface area contributed by atoms with E-state index in [1.165, 1.54) is 10.4 Å². The van der Waals surface area contributed by atoms with Gasteiger partial charge in [0.25, 0.3) is 5.56 Å². The molecule has 8 nitrogen and oxygen atoms in total. The van der Waals surface area contributed by atoms with Crippen LogP contribution in [-0.2, 0) is 19.5 Å². The molecule has 0 bridgehead atoms. The molecule has 0 spiro atoms. The van der Waals surface area contributed by atoms with E-state index in [1.54, 1.807) is 22.2 Å². The van der Waals surface area contributed by atoms with Crippen LogP contribution in [0, 0.1) is 6.92 Å². The Labute approximate surface area is 196 Å². The van der Waals surface area contributed by atoms with Crippen LogP contribution in [0.4, 0.5) is 5.82 Å². The van der Waals surface area contributed by atoms with Crippen molar-refractivity contribution in [1.82, 2.24) is 24.5 Å². The number of hydrogen-bond donors (Lipinski definition) is 0. The summed E-state index contributed by atoms with van der Waals surface area (Å²) >= 11 is 1.68. The van der Waals surface area contributed by atoms with E-state index in [2.05, 4.69) is 44.0 Å². The zero-order chi connectivity index (χ0) is 22.5. The van der Waals surface area contributed by atoms with Gasteiger partial charge < -0.3 is 14.3 Å². The van der Waals surface area contributed by atoms with Crippen LogP contribution < -0.4 is 10.5 Å². The fraction of sp³-hybridized carbons (Fsp3) is 0.458. The lowest BCUT2D eigenvalue weighted by Gasteiger charge is -2.34. The Balaban J connectivity index is 1.13. The summed E-state index contributed by atoms with van der Waals surface area (Å²) in [5.74, 6) is 0.937. The maximum Gasteiger partial charge on any atom is 0.262 e. The molecule has 0 atom stereocenters. The van der Waals surface area contributed by atoms with E-state index in [-0.39, 0.29) is 5.56 Å². The van der Waals surface area contributed by atoms with Crippen molar-refractivity contribution in [3.05, 3.63) is 50.9 Å². The highest BCUT2D eigenvalue weighted by atomic mass is 32.1. The monoisotopic (exact) mass is 464 g/mol. The molecule has 0 amide bonds. The first kappa shape index (κ1) is 20.8. The molecule has 0 saturated carbocycles. The van der Waals surface area contributed by atoms with Gasteiger partial charge in [-0.3, -0.25) is 14.3 Å². The lowest BCUT2D eigenvalue weighted by molar-refractivity contribution is 0.246. The Bertz CT molecular complexity index is 1380. The molecule has 33 heavy (non-hydrogen) atoms. The fourth-order valence-electron chi connectivity index (χ4n) is 5.05. The summed E-state index contributed by atoms with van der Waals surface area (Å²) < 4.78 is 7.40. The number of piperazine rings is 1. The molecular formula is C24H28N6O2S. The SMILES string of the molecule is Cc1cccc2c(N3CCN(CCn4cnc5sc6c(c5c4=O)CCN(C)C6)CC3)noc12. The van der Waals surface area contributed by atoms with Crippen LogP contribution in [-0.4, -0.2) is 70.8 Å². The standard InChI is InChI=1S/C24H28N6O2S/c1-16-4-3-5-18-21(16)32-26-22(18)29-11-8-28(9-12-29)10-13-30-15-25-23-20(24(30)31)17-6-7-27(2)14-19(17)33-23/h3-5,15H,6-14H2,1-2H3. The van der Waals surface area contributed by atoms with Crippen molar-refractivity contribution in [2.45, 2.75) is 26.4 Å². The van der Waals surface area contributed by atoms with E-state index in [1.807, 2.05) is 13.0 Å². The van der Waals surface area contributed by atoms with Gasteiger partial charge in [0, 0.05) is 57.2 Å². The molecule has 0 unspecified atom stereocenters. The minimum atomic E-state index is 0.116. The molecule has 9 heteroatoms. The number of anilines is 1. The molecule has 1 aromatic carbocycles.